The van der Waals surface area contributed by atoms with E-state index in [0.717, 1.165) is 0 Å². The van der Waals surface area contributed by atoms with Crippen LogP contribution in [0.2, 0.25) is 0 Å². The Morgan fingerprint density at radius 1 is 1.40 bits per heavy atom. The van der Waals surface area contributed by atoms with Gasteiger partial charge in [-0.2, -0.15) is 10.6 Å². The summed E-state index contributed by atoms with van der Waals surface area (Å²) >= 11 is 0. The van der Waals surface area contributed by atoms with Crippen molar-refractivity contribution in [3.8, 4) is 0 Å². The third kappa shape index (κ3) is 2.44. The van der Waals surface area contributed by atoms with Gasteiger partial charge in [-0.3, -0.25) is 13.9 Å². The van der Waals surface area contributed by atoms with E-state index in [1.807, 2.05) is 0 Å². The highest BCUT2D eigenvalue weighted by molar-refractivity contribution is 8.24. The molecule has 0 bridgehead atoms. The fourth-order valence-corrected chi connectivity index (χ4v) is 3.50. The summed E-state index contributed by atoms with van der Waals surface area (Å²) in [5.41, 5.74) is -0.962. The molecule has 0 spiro atoms. The lowest BCUT2D eigenvalue weighted by atomic mass is 9.77. The van der Waals surface area contributed by atoms with E-state index in [4.69, 9.17) is 0 Å². The van der Waals surface area contributed by atoms with Gasteiger partial charge in [-0.1, -0.05) is 0 Å². The third-order valence-electron chi connectivity index (χ3n) is 3.14. The SMILES string of the molecule is COC(=O)C1(C(C)O)CCS(O)(O)CC1. The van der Waals surface area contributed by atoms with Crippen LogP contribution in [0.4, 0.5) is 0 Å². The largest absolute Gasteiger partial charge is 0.469 e. The van der Waals surface area contributed by atoms with Crippen molar-refractivity contribution in [1.29, 1.82) is 0 Å². The van der Waals surface area contributed by atoms with Gasteiger partial charge in [0.15, 0.2) is 0 Å². The molecule has 1 rings (SSSR count). The van der Waals surface area contributed by atoms with E-state index in [1.54, 1.807) is 0 Å². The molecule has 1 saturated heterocycles. The maximum Gasteiger partial charge on any atom is 0.314 e. The van der Waals surface area contributed by atoms with E-state index in [-0.39, 0.29) is 24.3 Å². The van der Waals surface area contributed by atoms with Gasteiger partial charge >= 0.3 is 5.97 Å². The van der Waals surface area contributed by atoms with Crippen molar-refractivity contribution in [2.75, 3.05) is 18.6 Å². The molecule has 1 heterocycles. The molecule has 0 aliphatic carbocycles. The van der Waals surface area contributed by atoms with Gasteiger partial charge in [0.2, 0.25) is 0 Å². The average Bonchev–Trinajstić information content (AvgIpc) is 2.17. The number of aliphatic hydroxyl groups excluding tert-OH is 1. The van der Waals surface area contributed by atoms with Crippen molar-refractivity contribution in [2.45, 2.75) is 25.9 Å². The second-order valence-corrected chi connectivity index (χ2v) is 6.45. The number of hydrogen-bond acceptors (Lipinski definition) is 5. The zero-order chi connectivity index (χ0) is 11.7. The molecule has 0 aromatic heterocycles. The van der Waals surface area contributed by atoms with E-state index in [1.165, 1.54) is 14.0 Å². The summed E-state index contributed by atoms with van der Waals surface area (Å²) in [6, 6.07) is 0. The van der Waals surface area contributed by atoms with Crippen LogP contribution in [-0.4, -0.2) is 44.9 Å². The van der Waals surface area contributed by atoms with Crippen molar-refractivity contribution >= 4 is 16.6 Å². The van der Waals surface area contributed by atoms with Crippen molar-refractivity contribution in [3.05, 3.63) is 0 Å². The number of carbonyl (C=O) groups is 1. The summed E-state index contributed by atoms with van der Waals surface area (Å²) in [5.74, 6) is -0.146. The van der Waals surface area contributed by atoms with Crippen molar-refractivity contribution < 1.29 is 23.7 Å². The van der Waals surface area contributed by atoms with Gasteiger partial charge < -0.3 is 9.84 Å². The fourth-order valence-electron chi connectivity index (χ4n) is 1.91. The zero-order valence-corrected chi connectivity index (χ0v) is 9.79. The van der Waals surface area contributed by atoms with Gasteiger partial charge in [0, 0.05) is 11.5 Å². The predicted molar refractivity (Wildman–Crippen MR) is 57.9 cm³/mol. The number of rotatable bonds is 2. The molecular formula is C9H18O5S. The minimum Gasteiger partial charge on any atom is -0.469 e. The Labute approximate surface area is 90.8 Å². The lowest BCUT2D eigenvalue weighted by Gasteiger charge is -2.45. The van der Waals surface area contributed by atoms with E-state index < -0.39 is 28.1 Å². The minimum atomic E-state index is -2.55. The summed E-state index contributed by atoms with van der Waals surface area (Å²) < 4.78 is 23.6. The molecule has 1 unspecified atom stereocenters. The quantitative estimate of drug-likeness (QED) is 0.626. The molecule has 90 valence electrons. The molecule has 6 heteroatoms. The first kappa shape index (κ1) is 12.8. The van der Waals surface area contributed by atoms with Crippen LogP contribution < -0.4 is 0 Å². The first-order valence-electron chi connectivity index (χ1n) is 4.84. The number of esters is 1. The maximum absolute atomic E-state index is 11.6. The highest BCUT2D eigenvalue weighted by Gasteiger charge is 2.48. The molecule has 0 aromatic rings. The Morgan fingerprint density at radius 2 is 1.87 bits per heavy atom. The van der Waals surface area contributed by atoms with Crippen LogP contribution in [0.25, 0.3) is 0 Å². The number of hydrogen-bond donors (Lipinski definition) is 3. The Balaban J connectivity index is 2.83. The van der Waals surface area contributed by atoms with Crippen LogP contribution in [0.5, 0.6) is 0 Å². The molecule has 1 fully saturated rings. The molecule has 0 radical (unpaired) electrons. The van der Waals surface area contributed by atoms with Gasteiger partial charge in [-0.15, -0.1) is 0 Å². The maximum atomic E-state index is 11.6. The van der Waals surface area contributed by atoms with Crippen molar-refractivity contribution in [1.82, 2.24) is 0 Å². The van der Waals surface area contributed by atoms with Crippen molar-refractivity contribution in [3.63, 3.8) is 0 Å². The first-order chi connectivity index (χ1) is 6.84. The van der Waals surface area contributed by atoms with Crippen LogP contribution in [-0.2, 0) is 9.53 Å². The molecule has 0 aromatic carbocycles. The van der Waals surface area contributed by atoms with E-state index in [0.29, 0.717) is 0 Å². The van der Waals surface area contributed by atoms with Crippen molar-refractivity contribution in [2.24, 2.45) is 5.41 Å². The first-order valence-corrected chi connectivity index (χ1v) is 6.73. The predicted octanol–water partition coefficient (Wildman–Crippen LogP) is 1.07. The Kier molecular flexibility index (Phi) is 3.65. The Morgan fingerprint density at radius 3 is 2.20 bits per heavy atom. The summed E-state index contributed by atoms with van der Waals surface area (Å²) in [6.45, 7) is 1.54. The number of ether oxygens (including phenoxy) is 1. The molecule has 1 atom stereocenters. The van der Waals surface area contributed by atoms with E-state index in [9.17, 15) is 19.0 Å². The molecule has 0 saturated carbocycles. The Bertz CT molecular complexity index is 241. The number of aliphatic hydroxyl groups is 1. The minimum absolute atomic E-state index is 0.160. The number of methoxy groups -OCH3 is 1. The molecule has 0 amide bonds. The Hall–Kier alpha value is -0.300. The summed E-state index contributed by atoms with van der Waals surface area (Å²) in [6.07, 6.45) is -0.306. The van der Waals surface area contributed by atoms with Crippen LogP contribution >= 0.6 is 10.6 Å². The van der Waals surface area contributed by atoms with Gasteiger partial charge in [0.25, 0.3) is 0 Å². The van der Waals surface area contributed by atoms with Gasteiger partial charge in [0.05, 0.1) is 18.6 Å². The lowest BCUT2D eigenvalue weighted by Crippen LogP contribution is -2.46. The third-order valence-corrected chi connectivity index (χ3v) is 4.86. The normalized spacial score (nSPS) is 27.8. The topological polar surface area (TPSA) is 87.0 Å². The summed E-state index contributed by atoms with van der Waals surface area (Å²) in [7, 11) is -1.27. The molecule has 1 aliphatic rings. The van der Waals surface area contributed by atoms with E-state index in [2.05, 4.69) is 4.74 Å². The summed E-state index contributed by atoms with van der Waals surface area (Å²) in [5, 5.41) is 9.64. The number of carbonyl (C=O) groups excluding carboxylic acids is 1. The fraction of sp³-hybridized carbons (Fsp3) is 0.889. The molecule has 1 aliphatic heterocycles. The monoisotopic (exact) mass is 238 g/mol. The standard InChI is InChI=1S/C9H18O5S/c1-7(10)9(8(11)14-2)3-5-15(12,13)6-4-9/h7,10,12-13H,3-6H2,1-2H3. The van der Waals surface area contributed by atoms with Gasteiger partial charge in [-0.25, -0.2) is 0 Å². The van der Waals surface area contributed by atoms with E-state index >= 15 is 0 Å². The van der Waals surface area contributed by atoms with Crippen LogP contribution in [0.3, 0.4) is 0 Å². The van der Waals surface area contributed by atoms with Crippen LogP contribution in [0.1, 0.15) is 19.8 Å². The molecule has 5 nitrogen and oxygen atoms in total. The summed E-state index contributed by atoms with van der Waals surface area (Å²) in [4.78, 5) is 11.6. The molecule has 3 N–H and O–H groups in total. The second kappa shape index (κ2) is 4.29. The van der Waals surface area contributed by atoms with Crippen LogP contribution in [0, 0.1) is 5.41 Å². The van der Waals surface area contributed by atoms with Crippen LogP contribution in [0.15, 0.2) is 0 Å². The zero-order valence-electron chi connectivity index (χ0n) is 8.97. The molecular weight excluding hydrogens is 220 g/mol. The van der Waals surface area contributed by atoms with Gasteiger partial charge in [0.1, 0.15) is 0 Å². The average molecular weight is 238 g/mol. The molecule has 15 heavy (non-hydrogen) atoms. The van der Waals surface area contributed by atoms with Gasteiger partial charge in [-0.05, 0) is 19.8 Å². The lowest BCUT2D eigenvalue weighted by molar-refractivity contribution is -0.160. The second-order valence-electron chi connectivity index (χ2n) is 4.03. The smallest absolute Gasteiger partial charge is 0.314 e. The highest BCUT2D eigenvalue weighted by atomic mass is 32.3. The highest BCUT2D eigenvalue weighted by Crippen LogP contribution is 2.51.